The van der Waals surface area contributed by atoms with Crippen LogP contribution in [0.1, 0.15) is 10.4 Å². The van der Waals surface area contributed by atoms with Crippen molar-refractivity contribution in [1.29, 1.82) is 0 Å². The summed E-state index contributed by atoms with van der Waals surface area (Å²) in [5.74, 6) is -0.239. The van der Waals surface area contributed by atoms with Gasteiger partial charge in [-0.05, 0) is 23.8 Å². The van der Waals surface area contributed by atoms with Crippen LogP contribution in [0.3, 0.4) is 0 Å². The lowest BCUT2D eigenvalue weighted by Crippen LogP contribution is -2.13. The van der Waals surface area contributed by atoms with Crippen LogP contribution in [0.25, 0.3) is 11.1 Å². The number of amides is 1. The molecule has 7 nitrogen and oxygen atoms in total. The van der Waals surface area contributed by atoms with E-state index in [9.17, 15) is 14.9 Å². The molecule has 0 saturated carbocycles. The first-order valence-electron chi connectivity index (χ1n) is 7.31. The summed E-state index contributed by atoms with van der Waals surface area (Å²) in [4.78, 5) is 25.8. The molecule has 3 rings (SSSR count). The van der Waals surface area contributed by atoms with Crippen molar-refractivity contribution in [1.82, 2.24) is 4.98 Å². The third-order valence-corrected chi connectivity index (χ3v) is 3.49. The molecule has 7 heteroatoms. The van der Waals surface area contributed by atoms with E-state index < -0.39 is 16.5 Å². The normalized spacial score (nSPS) is 10.2. The van der Waals surface area contributed by atoms with E-state index in [1.807, 2.05) is 30.3 Å². The number of benzene rings is 2. The number of carbonyl (C=O) groups is 1. The highest BCUT2D eigenvalue weighted by Crippen LogP contribution is 2.30. The van der Waals surface area contributed by atoms with Crippen molar-refractivity contribution >= 4 is 11.6 Å². The molecular weight excluding hydrogens is 322 g/mol. The maximum atomic E-state index is 11.3. The third-order valence-electron chi connectivity index (χ3n) is 3.49. The molecule has 1 heterocycles. The topological polar surface area (TPSA) is 108 Å². The van der Waals surface area contributed by atoms with Crippen molar-refractivity contribution in [3.63, 3.8) is 0 Å². The Bertz CT molecular complexity index is 942. The molecular formula is C18H13N3O4. The van der Waals surface area contributed by atoms with Gasteiger partial charge in [0.15, 0.2) is 0 Å². The van der Waals surface area contributed by atoms with Crippen molar-refractivity contribution in [2.75, 3.05) is 0 Å². The average Bonchev–Trinajstić information content (AvgIpc) is 2.62. The molecule has 2 N–H and O–H groups in total. The van der Waals surface area contributed by atoms with Crippen molar-refractivity contribution in [3.8, 4) is 22.6 Å². The molecule has 0 radical (unpaired) electrons. The second-order valence-electron chi connectivity index (χ2n) is 5.18. The van der Waals surface area contributed by atoms with Crippen LogP contribution in [0.5, 0.6) is 11.5 Å². The number of primary amides is 1. The molecule has 0 atom stereocenters. The molecule has 0 spiro atoms. The van der Waals surface area contributed by atoms with Gasteiger partial charge >= 0.3 is 0 Å². The van der Waals surface area contributed by atoms with Gasteiger partial charge in [-0.25, -0.2) is 0 Å². The number of pyridine rings is 1. The summed E-state index contributed by atoms with van der Waals surface area (Å²) in [5.41, 5.74) is 6.38. The number of hydrogen-bond acceptors (Lipinski definition) is 5. The highest BCUT2D eigenvalue weighted by atomic mass is 16.6. The number of nitro benzene ring substituents is 1. The van der Waals surface area contributed by atoms with Gasteiger partial charge in [0.2, 0.25) is 0 Å². The number of ether oxygens (including phenoxy) is 1. The van der Waals surface area contributed by atoms with Gasteiger partial charge < -0.3 is 10.5 Å². The predicted molar refractivity (Wildman–Crippen MR) is 91.4 cm³/mol. The SMILES string of the molecule is NC(=O)c1ccc(Oc2cncc(-c3ccccc3)c2)cc1[N+](=O)[O-]. The highest BCUT2D eigenvalue weighted by Gasteiger charge is 2.19. The fourth-order valence-corrected chi connectivity index (χ4v) is 2.33. The lowest BCUT2D eigenvalue weighted by atomic mass is 10.1. The fraction of sp³-hybridized carbons (Fsp3) is 0. The fourth-order valence-electron chi connectivity index (χ4n) is 2.33. The van der Waals surface area contributed by atoms with E-state index in [0.717, 1.165) is 17.2 Å². The molecule has 0 saturated heterocycles. The van der Waals surface area contributed by atoms with E-state index in [-0.39, 0.29) is 11.3 Å². The molecule has 2 aromatic carbocycles. The van der Waals surface area contributed by atoms with Crippen LogP contribution < -0.4 is 10.5 Å². The Labute approximate surface area is 142 Å². The second-order valence-corrected chi connectivity index (χ2v) is 5.18. The lowest BCUT2D eigenvalue weighted by Gasteiger charge is -2.08. The number of hydrogen-bond donors (Lipinski definition) is 1. The average molecular weight is 335 g/mol. The third kappa shape index (κ3) is 3.61. The minimum Gasteiger partial charge on any atom is -0.455 e. The smallest absolute Gasteiger partial charge is 0.285 e. The van der Waals surface area contributed by atoms with Gasteiger partial charge in [0, 0.05) is 11.8 Å². The maximum absolute atomic E-state index is 11.3. The number of nitrogens with zero attached hydrogens (tertiary/aromatic N) is 2. The second kappa shape index (κ2) is 6.79. The summed E-state index contributed by atoms with van der Waals surface area (Å²) in [6.07, 6.45) is 3.20. The highest BCUT2D eigenvalue weighted by molar-refractivity contribution is 5.97. The Morgan fingerprint density at radius 3 is 2.44 bits per heavy atom. The predicted octanol–water partition coefficient (Wildman–Crippen LogP) is 3.55. The standard InChI is InChI=1S/C18H13N3O4/c19-18(22)16-7-6-14(9-17(16)21(23)24)25-15-8-13(10-20-11-15)12-4-2-1-3-5-12/h1-11H,(H2,19,22). The summed E-state index contributed by atoms with van der Waals surface area (Å²) in [7, 11) is 0. The Morgan fingerprint density at radius 1 is 1.00 bits per heavy atom. The van der Waals surface area contributed by atoms with Gasteiger partial charge in [0.1, 0.15) is 17.1 Å². The van der Waals surface area contributed by atoms with E-state index in [1.54, 1.807) is 12.3 Å². The zero-order valence-electron chi connectivity index (χ0n) is 13.0. The molecule has 0 aliphatic heterocycles. The Hall–Kier alpha value is -3.74. The molecule has 0 unspecified atom stereocenters. The van der Waals surface area contributed by atoms with Gasteiger partial charge in [0.25, 0.3) is 11.6 Å². The van der Waals surface area contributed by atoms with E-state index >= 15 is 0 Å². The Kier molecular flexibility index (Phi) is 4.38. The van der Waals surface area contributed by atoms with Crippen molar-refractivity contribution in [2.24, 2.45) is 5.73 Å². The quantitative estimate of drug-likeness (QED) is 0.566. The van der Waals surface area contributed by atoms with Crippen LogP contribution in [-0.4, -0.2) is 15.8 Å². The first-order chi connectivity index (χ1) is 12.0. The summed E-state index contributed by atoms with van der Waals surface area (Å²) in [5, 5.41) is 11.1. The van der Waals surface area contributed by atoms with Crippen LogP contribution in [0.2, 0.25) is 0 Å². The zero-order valence-corrected chi connectivity index (χ0v) is 13.0. The summed E-state index contributed by atoms with van der Waals surface area (Å²) < 4.78 is 5.65. The first-order valence-corrected chi connectivity index (χ1v) is 7.31. The molecule has 3 aromatic rings. The molecule has 1 aromatic heterocycles. The van der Waals surface area contributed by atoms with Crippen LogP contribution >= 0.6 is 0 Å². The van der Waals surface area contributed by atoms with Crippen LogP contribution in [0, 0.1) is 10.1 Å². The molecule has 0 fully saturated rings. The minimum atomic E-state index is -0.869. The summed E-state index contributed by atoms with van der Waals surface area (Å²) >= 11 is 0. The Morgan fingerprint density at radius 2 is 1.76 bits per heavy atom. The van der Waals surface area contributed by atoms with E-state index in [2.05, 4.69) is 4.98 Å². The van der Waals surface area contributed by atoms with Gasteiger partial charge in [0.05, 0.1) is 17.2 Å². The van der Waals surface area contributed by atoms with Gasteiger partial charge in [-0.3, -0.25) is 19.9 Å². The molecule has 1 amide bonds. The van der Waals surface area contributed by atoms with Crippen LogP contribution in [-0.2, 0) is 0 Å². The number of aromatic nitrogens is 1. The zero-order chi connectivity index (χ0) is 17.8. The van der Waals surface area contributed by atoms with E-state index in [0.29, 0.717) is 5.75 Å². The van der Waals surface area contributed by atoms with Crippen molar-refractivity contribution in [2.45, 2.75) is 0 Å². The number of nitrogens with two attached hydrogens (primary N) is 1. The van der Waals surface area contributed by atoms with E-state index in [4.69, 9.17) is 10.5 Å². The molecule has 0 aliphatic carbocycles. The minimum absolute atomic E-state index is 0.173. The van der Waals surface area contributed by atoms with Crippen molar-refractivity contribution in [3.05, 3.63) is 82.7 Å². The number of carbonyl (C=O) groups excluding carboxylic acids is 1. The Balaban J connectivity index is 1.92. The summed E-state index contributed by atoms with van der Waals surface area (Å²) in [6, 6.07) is 15.3. The molecule has 0 bridgehead atoms. The van der Waals surface area contributed by atoms with Crippen LogP contribution in [0.4, 0.5) is 5.69 Å². The van der Waals surface area contributed by atoms with Gasteiger partial charge in [-0.15, -0.1) is 0 Å². The first kappa shape index (κ1) is 16.1. The number of nitro groups is 1. The maximum Gasteiger partial charge on any atom is 0.285 e. The molecule has 25 heavy (non-hydrogen) atoms. The van der Waals surface area contributed by atoms with Crippen molar-refractivity contribution < 1.29 is 14.5 Å². The molecule has 0 aliphatic rings. The number of rotatable bonds is 5. The van der Waals surface area contributed by atoms with Gasteiger partial charge in [-0.1, -0.05) is 30.3 Å². The summed E-state index contributed by atoms with van der Waals surface area (Å²) in [6.45, 7) is 0. The lowest BCUT2D eigenvalue weighted by molar-refractivity contribution is -0.385. The van der Waals surface area contributed by atoms with Crippen LogP contribution in [0.15, 0.2) is 67.0 Å². The van der Waals surface area contributed by atoms with E-state index in [1.165, 1.54) is 18.3 Å². The largest absolute Gasteiger partial charge is 0.455 e. The van der Waals surface area contributed by atoms with Gasteiger partial charge in [-0.2, -0.15) is 0 Å². The molecule has 124 valence electrons. The monoisotopic (exact) mass is 335 g/mol.